The number of hydrogen-bond donors (Lipinski definition) is 1. The van der Waals surface area contributed by atoms with Crippen LogP contribution in [0.15, 0.2) is 24.3 Å². The summed E-state index contributed by atoms with van der Waals surface area (Å²) in [6, 6.07) is 6.28. The molecular weight excluding hydrogens is 238 g/mol. The van der Waals surface area contributed by atoms with Crippen molar-refractivity contribution in [2.45, 2.75) is 38.0 Å². The van der Waals surface area contributed by atoms with Gasteiger partial charge in [-0.3, -0.25) is 4.79 Å². The molecule has 2 rings (SSSR count). The van der Waals surface area contributed by atoms with Crippen LogP contribution in [-0.2, 0) is 17.1 Å². The zero-order valence-electron chi connectivity index (χ0n) is 10.0. The topological polar surface area (TPSA) is 37.3 Å². The van der Waals surface area contributed by atoms with Crippen LogP contribution in [-0.4, -0.2) is 11.1 Å². The monoisotopic (exact) mass is 254 g/mol. The Balaban J connectivity index is 1.95. The number of aryl methyl sites for hydroxylation is 1. The maximum absolute atomic E-state index is 13.8. The predicted octanol–water partition coefficient (Wildman–Crippen LogP) is 3.60. The lowest BCUT2D eigenvalue weighted by molar-refractivity contribution is -0.137. The van der Waals surface area contributed by atoms with Gasteiger partial charge in [0.15, 0.2) is 0 Å². The van der Waals surface area contributed by atoms with Crippen LogP contribution in [0.5, 0.6) is 0 Å². The van der Waals surface area contributed by atoms with E-state index in [1.165, 1.54) is 12.1 Å². The summed E-state index contributed by atoms with van der Waals surface area (Å²) < 4.78 is 27.5. The normalized spacial score (nSPS) is 15.7. The van der Waals surface area contributed by atoms with Crippen LogP contribution >= 0.6 is 0 Å². The number of aliphatic carboxylic acids is 1. The van der Waals surface area contributed by atoms with Crippen molar-refractivity contribution in [1.82, 2.24) is 0 Å². The summed E-state index contributed by atoms with van der Waals surface area (Å²) in [6.45, 7) is 0. The van der Waals surface area contributed by atoms with E-state index in [-0.39, 0.29) is 12.0 Å². The Bertz CT molecular complexity index is 422. The summed E-state index contributed by atoms with van der Waals surface area (Å²) in [5.41, 5.74) is 0.985. The Kier molecular flexibility index (Phi) is 3.64. The van der Waals surface area contributed by atoms with Gasteiger partial charge in [0.1, 0.15) is 0 Å². The number of alkyl halides is 2. The average molecular weight is 254 g/mol. The molecule has 0 spiro atoms. The summed E-state index contributed by atoms with van der Waals surface area (Å²) in [5, 5.41) is 8.51. The Morgan fingerprint density at radius 2 is 1.89 bits per heavy atom. The van der Waals surface area contributed by atoms with Gasteiger partial charge >= 0.3 is 5.97 Å². The first-order valence-electron chi connectivity index (χ1n) is 6.19. The van der Waals surface area contributed by atoms with Crippen molar-refractivity contribution in [3.63, 3.8) is 0 Å². The molecule has 4 heteroatoms. The summed E-state index contributed by atoms with van der Waals surface area (Å²) in [4.78, 5) is 10.4. The standard InChI is InChI=1S/C14H16F2O2/c15-14(16,12-8-9-12)11-6-4-10(5-7-11)2-1-3-13(17)18/h4-7,12H,1-3,8-9H2,(H,17,18). The summed E-state index contributed by atoms with van der Waals surface area (Å²) in [5.74, 6) is -4.03. The first-order valence-corrected chi connectivity index (χ1v) is 6.19. The van der Waals surface area contributed by atoms with Crippen molar-refractivity contribution in [2.75, 3.05) is 0 Å². The Labute approximate surface area is 105 Å². The molecule has 0 atom stereocenters. The molecule has 0 aliphatic heterocycles. The van der Waals surface area contributed by atoms with Gasteiger partial charge in [0, 0.05) is 17.9 Å². The minimum Gasteiger partial charge on any atom is -0.481 e. The third kappa shape index (κ3) is 3.06. The maximum Gasteiger partial charge on any atom is 0.303 e. The van der Waals surface area contributed by atoms with Gasteiger partial charge in [0.2, 0.25) is 0 Å². The van der Waals surface area contributed by atoms with Crippen molar-refractivity contribution in [2.24, 2.45) is 5.92 Å². The Morgan fingerprint density at radius 3 is 2.39 bits per heavy atom. The first kappa shape index (κ1) is 13.0. The van der Waals surface area contributed by atoms with Gasteiger partial charge in [0.05, 0.1) is 0 Å². The fourth-order valence-electron chi connectivity index (χ4n) is 2.02. The lowest BCUT2D eigenvalue weighted by Gasteiger charge is -2.16. The van der Waals surface area contributed by atoms with Gasteiger partial charge in [-0.15, -0.1) is 0 Å². The van der Waals surface area contributed by atoms with Crippen molar-refractivity contribution in [3.05, 3.63) is 35.4 Å². The van der Waals surface area contributed by atoms with Crippen molar-refractivity contribution >= 4 is 5.97 Å². The molecule has 1 saturated carbocycles. The van der Waals surface area contributed by atoms with E-state index in [4.69, 9.17) is 5.11 Å². The highest BCUT2D eigenvalue weighted by atomic mass is 19.3. The summed E-state index contributed by atoms with van der Waals surface area (Å²) in [7, 11) is 0. The van der Waals surface area contributed by atoms with E-state index in [2.05, 4.69) is 0 Å². The third-order valence-electron chi connectivity index (χ3n) is 3.28. The van der Waals surface area contributed by atoms with E-state index in [9.17, 15) is 13.6 Å². The van der Waals surface area contributed by atoms with Crippen LogP contribution in [0.25, 0.3) is 0 Å². The first-order chi connectivity index (χ1) is 8.50. The van der Waals surface area contributed by atoms with Gasteiger partial charge in [0.25, 0.3) is 5.92 Å². The molecule has 1 aromatic rings. The molecule has 98 valence electrons. The lowest BCUT2D eigenvalue weighted by Crippen LogP contribution is -2.15. The van der Waals surface area contributed by atoms with Gasteiger partial charge in [-0.1, -0.05) is 24.3 Å². The molecule has 0 heterocycles. The second-order valence-electron chi connectivity index (χ2n) is 4.84. The molecule has 1 aromatic carbocycles. The molecule has 18 heavy (non-hydrogen) atoms. The minimum absolute atomic E-state index is 0.0759. The molecule has 0 amide bonds. The van der Waals surface area contributed by atoms with Crippen LogP contribution in [0.4, 0.5) is 8.78 Å². The van der Waals surface area contributed by atoms with Gasteiger partial charge < -0.3 is 5.11 Å². The molecular formula is C14H16F2O2. The number of carbonyl (C=O) groups is 1. The molecule has 0 radical (unpaired) electrons. The van der Waals surface area contributed by atoms with E-state index in [1.54, 1.807) is 12.1 Å². The Hall–Kier alpha value is -1.45. The fourth-order valence-corrected chi connectivity index (χ4v) is 2.02. The number of hydrogen-bond acceptors (Lipinski definition) is 1. The molecule has 2 nitrogen and oxygen atoms in total. The maximum atomic E-state index is 13.8. The van der Waals surface area contributed by atoms with Gasteiger partial charge in [-0.25, -0.2) is 8.78 Å². The van der Waals surface area contributed by atoms with Crippen LogP contribution < -0.4 is 0 Å². The van der Waals surface area contributed by atoms with Crippen LogP contribution in [0.2, 0.25) is 0 Å². The summed E-state index contributed by atoms with van der Waals surface area (Å²) in [6.07, 6.45) is 2.47. The molecule has 0 bridgehead atoms. The van der Waals surface area contributed by atoms with E-state index in [1.807, 2.05) is 0 Å². The van der Waals surface area contributed by atoms with Gasteiger partial charge in [-0.05, 0) is 31.2 Å². The number of benzene rings is 1. The number of rotatable bonds is 6. The van der Waals surface area contributed by atoms with Gasteiger partial charge in [-0.2, -0.15) is 0 Å². The van der Waals surface area contributed by atoms with E-state index in [0.717, 1.165) is 5.56 Å². The zero-order chi connectivity index (χ0) is 13.2. The number of carboxylic acids is 1. The second kappa shape index (κ2) is 5.04. The lowest BCUT2D eigenvalue weighted by atomic mass is 10.0. The third-order valence-corrected chi connectivity index (χ3v) is 3.28. The van der Waals surface area contributed by atoms with Crippen molar-refractivity contribution in [3.8, 4) is 0 Å². The fraction of sp³-hybridized carbons (Fsp3) is 0.500. The second-order valence-corrected chi connectivity index (χ2v) is 4.84. The predicted molar refractivity (Wildman–Crippen MR) is 63.6 cm³/mol. The highest BCUT2D eigenvalue weighted by Crippen LogP contribution is 2.49. The Morgan fingerprint density at radius 1 is 1.28 bits per heavy atom. The molecule has 0 aromatic heterocycles. The molecule has 0 saturated heterocycles. The molecule has 1 aliphatic carbocycles. The minimum atomic E-state index is -2.71. The highest BCUT2D eigenvalue weighted by Gasteiger charge is 2.47. The van der Waals surface area contributed by atoms with Crippen LogP contribution in [0, 0.1) is 5.92 Å². The average Bonchev–Trinajstić information content (AvgIpc) is 3.13. The van der Waals surface area contributed by atoms with Crippen molar-refractivity contribution < 1.29 is 18.7 Å². The zero-order valence-corrected chi connectivity index (χ0v) is 10.0. The summed E-state index contributed by atoms with van der Waals surface area (Å²) >= 11 is 0. The smallest absolute Gasteiger partial charge is 0.303 e. The molecule has 0 unspecified atom stereocenters. The largest absolute Gasteiger partial charge is 0.481 e. The molecule has 1 fully saturated rings. The van der Waals surface area contributed by atoms with Crippen LogP contribution in [0.3, 0.4) is 0 Å². The quantitative estimate of drug-likeness (QED) is 0.842. The molecule has 1 aliphatic rings. The SMILES string of the molecule is O=C(O)CCCc1ccc(C(F)(F)C2CC2)cc1. The van der Waals surface area contributed by atoms with Crippen molar-refractivity contribution in [1.29, 1.82) is 0 Å². The number of carboxylic acid groups (broad SMARTS) is 1. The molecule has 1 N–H and O–H groups in total. The van der Waals surface area contributed by atoms with E-state index < -0.39 is 17.8 Å². The van der Waals surface area contributed by atoms with Crippen LogP contribution in [0.1, 0.15) is 36.8 Å². The van der Waals surface area contributed by atoms with E-state index >= 15 is 0 Å². The highest BCUT2D eigenvalue weighted by molar-refractivity contribution is 5.66. The van der Waals surface area contributed by atoms with E-state index in [0.29, 0.717) is 25.7 Å². The number of halogens is 2.